The third-order valence-electron chi connectivity index (χ3n) is 2.47. The van der Waals surface area contributed by atoms with E-state index in [-0.39, 0.29) is 11.8 Å². The lowest BCUT2D eigenvalue weighted by molar-refractivity contribution is -0.142. The summed E-state index contributed by atoms with van der Waals surface area (Å²) in [4.78, 5) is 21.1. The fourth-order valence-electron chi connectivity index (χ4n) is 1.48. The SMILES string of the molecule is CC(=O)c1ccccc1.O=C1CCCCCO1. The Bertz CT molecular complexity index is 347. The van der Waals surface area contributed by atoms with Crippen LogP contribution in [0.5, 0.6) is 0 Å². The van der Waals surface area contributed by atoms with Gasteiger partial charge in [0.2, 0.25) is 0 Å². The lowest BCUT2D eigenvalue weighted by atomic mass is 10.2. The molecular formula is C14H18O3. The highest BCUT2D eigenvalue weighted by atomic mass is 16.5. The standard InChI is InChI=1S/C8H8O.C6H10O2/c1-7(9)8-5-3-2-4-6-8;7-6-4-2-1-3-5-8-6/h2-6H,1H3;1-5H2. The largest absolute Gasteiger partial charge is 0.466 e. The molecule has 1 aliphatic rings. The molecule has 1 heterocycles. The van der Waals surface area contributed by atoms with Crippen LogP contribution in [0.3, 0.4) is 0 Å². The Morgan fingerprint density at radius 2 is 1.82 bits per heavy atom. The van der Waals surface area contributed by atoms with Crippen molar-refractivity contribution in [3.8, 4) is 0 Å². The Balaban J connectivity index is 0.000000171. The molecule has 3 heteroatoms. The first kappa shape index (κ1) is 13.4. The quantitative estimate of drug-likeness (QED) is 0.554. The molecule has 0 saturated carbocycles. The highest BCUT2D eigenvalue weighted by Crippen LogP contribution is 2.06. The third-order valence-corrected chi connectivity index (χ3v) is 2.47. The van der Waals surface area contributed by atoms with Crippen molar-refractivity contribution < 1.29 is 14.3 Å². The molecule has 1 saturated heterocycles. The minimum Gasteiger partial charge on any atom is -0.466 e. The Morgan fingerprint density at radius 1 is 1.12 bits per heavy atom. The number of carbonyl (C=O) groups excluding carboxylic acids is 2. The van der Waals surface area contributed by atoms with E-state index in [1.54, 1.807) is 6.92 Å². The number of ether oxygens (including phenoxy) is 1. The Labute approximate surface area is 102 Å². The third kappa shape index (κ3) is 5.85. The van der Waals surface area contributed by atoms with Crippen molar-refractivity contribution in [3.05, 3.63) is 35.9 Å². The monoisotopic (exact) mass is 234 g/mol. The maximum absolute atomic E-state index is 10.6. The van der Waals surface area contributed by atoms with Crippen LogP contribution >= 0.6 is 0 Å². The number of hydrogen-bond acceptors (Lipinski definition) is 3. The molecule has 17 heavy (non-hydrogen) atoms. The first-order valence-electron chi connectivity index (χ1n) is 5.92. The van der Waals surface area contributed by atoms with Gasteiger partial charge < -0.3 is 4.74 Å². The summed E-state index contributed by atoms with van der Waals surface area (Å²) in [6.45, 7) is 2.20. The van der Waals surface area contributed by atoms with Crippen LogP contribution in [0.1, 0.15) is 43.0 Å². The molecule has 0 amide bonds. The Kier molecular flexibility index (Phi) is 6.00. The highest BCUT2D eigenvalue weighted by molar-refractivity contribution is 5.93. The molecule has 0 bridgehead atoms. The van der Waals surface area contributed by atoms with Crippen LogP contribution < -0.4 is 0 Å². The number of cyclic esters (lactones) is 1. The fourth-order valence-corrected chi connectivity index (χ4v) is 1.48. The second kappa shape index (κ2) is 7.60. The summed E-state index contributed by atoms with van der Waals surface area (Å²) < 4.78 is 4.76. The molecule has 0 spiro atoms. The van der Waals surface area contributed by atoms with E-state index >= 15 is 0 Å². The van der Waals surface area contributed by atoms with E-state index < -0.39 is 0 Å². The molecule has 0 atom stereocenters. The first-order valence-corrected chi connectivity index (χ1v) is 5.92. The molecule has 0 aliphatic carbocycles. The first-order chi connectivity index (χ1) is 8.20. The van der Waals surface area contributed by atoms with Gasteiger partial charge in [-0.05, 0) is 26.2 Å². The van der Waals surface area contributed by atoms with Crippen LogP contribution in [0, 0.1) is 0 Å². The molecule has 1 aliphatic heterocycles. The van der Waals surface area contributed by atoms with Crippen LogP contribution in [-0.2, 0) is 9.53 Å². The summed E-state index contributed by atoms with van der Waals surface area (Å²) in [7, 11) is 0. The van der Waals surface area contributed by atoms with Gasteiger partial charge in [-0.3, -0.25) is 9.59 Å². The van der Waals surface area contributed by atoms with Gasteiger partial charge in [0.05, 0.1) is 6.61 Å². The van der Waals surface area contributed by atoms with Gasteiger partial charge in [-0.2, -0.15) is 0 Å². The zero-order valence-electron chi connectivity index (χ0n) is 10.1. The van der Waals surface area contributed by atoms with Gasteiger partial charge in [-0.25, -0.2) is 0 Å². The Morgan fingerprint density at radius 3 is 2.41 bits per heavy atom. The van der Waals surface area contributed by atoms with Crippen LogP contribution in [0.4, 0.5) is 0 Å². The summed E-state index contributed by atoms with van der Waals surface area (Å²) in [5.74, 6) is 0.0955. The average Bonchev–Trinajstić information content (AvgIpc) is 2.59. The number of ketones is 1. The van der Waals surface area contributed by atoms with E-state index in [1.165, 1.54) is 0 Å². The van der Waals surface area contributed by atoms with Crippen molar-refractivity contribution >= 4 is 11.8 Å². The van der Waals surface area contributed by atoms with E-state index in [1.807, 2.05) is 30.3 Å². The zero-order valence-corrected chi connectivity index (χ0v) is 10.1. The minimum atomic E-state index is -0.0255. The number of benzene rings is 1. The molecular weight excluding hydrogens is 216 g/mol. The lowest BCUT2D eigenvalue weighted by Crippen LogP contribution is -2.00. The van der Waals surface area contributed by atoms with Crippen molar-refractivity contribution in [1.82, 2.24) is 0 Å². The van der Waals surface area contributed by atoms with E-state index in [2.05, 4.69) is 0 Å². The summed E-state index contributed by atoms with van der Waals surface area (Å²) in [6.07, 6.45) is 3.83. The van der Waals surface area contributed by atoms with Crippen molar-refractivity contribution in [1.29, 1.82) is 0 Å². The summed E-state index contributed by atoms with van der Waals surface area (Å²) in [6, 6.07) is 9.23. The van der Waals surface area contributed by atoms with E-state index in [0.29, 0.717) is 13.0 Å². The van der Waals surface area contributed by atoms with Crippen LogP contribution in [0.15, 0.2) is 30.3 Å². The topological polar surface area (TPSA) is 43.4 Å². The molecule has 2 rings (SSSR count). The van der Waals surface area contributed by atoms with Crippen molar-refractivity contribution in [2.45, 2.75) is 32.6 Å². The van der Waals surface area contributed by atoms with Crippen LogP contribution in [0.2, 0.25) is 0 Å². The molecule has 92 valence electrons. The predicted molar refractivity (Wildman–Crippen MR) is 65.9 cm³/mol. The molecule has 1 aromatic rings. The second-order valence-corrected chi connectivity index (χ2v) is 3.95. The number of rotatable bonds is 1. The zero-order chi connectivity index (χ0) is 12.5. The van der Waals surface area contributed by atoms with Gasteiger partial charge in [-0.15, -0.1) is 0 Å². The van der Waals surface area contributed by atoms with Gasteiger partial charge in [-0.1, -0.05) is 30.3 Å². The molecule has 1 fully saturated rings. The summed E-state index contributed by atoms with van der Waals surface area (Å²) >= 11 is 0. The maximum atomic E-state index is 10.6. The Hall–Kier alpha value is -1.64. The number of hydrogen-bond donors (Lipinski definition) is 0. The molecule has 3 nitrogen and oxygen atoms in total. The van der Waals surface area contributed by atoms with Gasteiger partial charge in [0.1, 0.15) is 0 Å². The average molecular weight is 234 g/mol. The van der Waals surface area contributed by atoms with Crippen molar-refractivity contribution in [2.24, 2.45) is 0 Å². The fraction of sp³-hybridized carbons (Fsp3) is 0.429. The molecule has 0 radical (unpaired) electrons. The summed E-state index contributed by atoms with van der Waals surface area (Å²) in [5, 5.41) is 0. The van der Waals surface area contributed by atoms with Crippen LogP contribution in [-0.4, -0.2) is 18.4 Å². The van der Waals surface area contributed by atoms with Crippen LogP contribution in [0.25, 0.3) is 0 Å². The predicted octanol–water partition coefficient (Wildman–Crippen LogP) is 2.99. The molecule has 0 aromatic heterocycles. The maximum Gasteiger partial charge on any atom is 0.305 e. The minimum absolute atomic E-state index is 0.0255. The van der Waals surface area contributed by atoms with E-state index in [4.69, 9.17) is 4.74 Å². The molecule has 0 unspecified atom stereocenters. The highest BCUT2D eigenvalue weighted by Gasteiger charge is 2.05. The van der Waals surface area contributed by atoms with E-state index in [9.17, 15) is 9.59 Å². The van der Waals surface area contributed by atoms with Gasteiger partial charge in [0.15, 0.2) is 5.78 Å². The van der Waals surface area contributed by atoms with Gasteiger partial charge >= 0.3 is 5.97 Å². The van der Waals surface area contributed by atoms with Crippen molar-refractivity contribution in [3.63, 3.8) is 0 Å². The normalized spacial score (nSPS) is 15.0. The number of esters is 1. The smallest absolute Gasteiger partial charge is 0.305 e. The van der Waals surface area contributed by atoms with E-state index in [0.717, 1.165) is 24.8 Å². The summed E-state index contributed by atoms with van der Waals surface area (Å²) in [5.41, 5.74) is 0.775. The second-order valence-electron chi connectivity index (χ2n) is 3.95. The van der Waals surface area contributed by atoms with Gasteiger partial charge in [0.25, 0.3) is 0 Å². The van der Waals surface area contributed by atoms with Crippen molar-refractivity contribution in [2.75, 3.05) is 6.61 Å². The lowest BCUT2D eigenvalue weighted by Gasteiger charge is -1.93. The number of Topliss-reactive ketones (excluding diaryl/α,β-unsaturated/α-hetero) is 1. The number of carbonyl (C=O) groups is 2. The molecule has 1 aromatic carbocycles. The van der Waals surface area contributed by atoms with Gasteiger partial charge in [0, 0.05) is 12.0 Å². The molecule has 0 N–H and O–H groups in total.